The zero-order chi connectivity index (χ0) is 28.0. The Bertz CT molecular complexity index is 1240. The zero-order valence-corrected chi connectivity index (χ0v) is 24.6. The molecule has 1 aliphatic carbocycles. The van der Waals surface area contributed by atoms with Gasteiger partial charge in [0.1, 0.15) is 11.8 Å². The molecule has 2 N–H and O–H groups in total. The lowest BCUT2D eigenvalue weighted by molar-refractivity contribution is -0.142. The van der Waals surface area contributed by atoms with E-state index in [9.17, 15) is 9.90 Å². The van der Waals surface area contributed by atoms with Crippen molar-refractivity contribution in [2.24, 2.45) is 0 Å². The smallest absolute Gasteiger partial charge is 0.244 e. The number of benzene rings is 2. The molecule has 0 saturated heterocycles. The predicted molar refractivity (Wildman–Crippen MR) is 160 cm³/mol. The van der Waals surface area contributed by atoms with Crippen molar-refractivity contribution in [3.05, 3.63) is 77.1 Å². The van der Waals surface area contributed by atoms with Gasteiger partial charge in [-0.25, -0.2) is 9.97 Å². The topological polar surface area (TPSA) is 81.6 Å². The lowest BCUT2D eigenvalue weighted by Gasteiger charge is -2.47. The van der Waals surface area contributed by atoms with Crippen LogP contribution in [0.5, 0.6) is 0 Å². The maximum atomic E-state index is 14.2. The molecule has 1 atom stereocenters. The Morgan fingerprint density at radius 1 is 1.00 bits per heavy atom. The fourth-order valence-corrected chi connectivity index (χ4v) is 6.28. The minimum absolute atomic E-state index is 0.0555. The summed E-state index contributed by atoms with van der Waals surface area (Å²) in [7, 11) is 3.99. The summed E-state index contributed by atoms with van der Waals surface area (Å²) in [6.45, 7) is 6.46. The van der Waals surface area contributed by atoms with Crippen LogP contribution in [0, 0.1) is 20.8 Å². The minimum Gasteiger partial charge on any atom is -0.378 e. The lowest BCUT2D eigenvalue weighted by Crippen LogP contribution is -2.61. The number of carbonyl (C=O) groups is 1. The molecule has 2 aromatic carbocycles. The third kappa shape index (κ3) is 7.18. The van der Waals surface area contributed by atoms with Gasteiger partial charge in [-0.2, -0.15) is 0 Å². The zero-order valence-electron chi connectivity index (χ0n) is 23.8. The maximum Gasteiger partial charge on any atom is 0.244 e. The predicted octanol–water partition coefficient (Wildman–Crippen LogP) is 5.72. The van der Waals surface area contributed by atoms with E-state index in [2.05, 4.69) is 34.3 Å². The van der Waals surface area contributed by atoms with Crippen molar-refractivity contribution in [1.82, 2.24) is 14.9 Å². The molecule has 1 aromatic heterocycles. The van der Waals surface area contributed by atoms with Crippen LogP contribution < -0.4 is 10.2 Å². The minimum atomic E-state index is -0.862. The molecule has 0 aliphatic heterocycles. The molecule has 8 heteroatoms. The van der Waals surface area contributed by atoms with Crippen LogP contribution in [0.1, 0.15) is 54.6 Å². The standard InChI is InChI=1S/C31H41N5O2S/c1-22-11-7-8-12-25(22)20-36(28(37)21-39-30-32-23(2)19-24(3)33-30)31(17-9-6-10-18-31)29(38)34-26-13-15-27(16-14-26)35(4)5/h7-8,11-16,19,28,37H,6,9-10,17-18,20-21H2,1-5H3,(H,34,38)/t28-/m1/s1. The number of rotatable bonds is 10. The summed E-state index contributed by atoms with van der Waals surface area (Å²) in [6, 6.07) is 18.0. The molecule has 1 aliphatic rings. The Balaban J connectivity index is 1.65. The van der Waals surface area contributed by atoms with Gasteiger partial charge in [-0.1, -0.05) is 55.3 Å². The monoisotopic (exact) mass is 547 g/mol. The molecule has 0 bridgehead atoms. The number of aliphatic hydroxyl groups is 1. The van der Waals surface area contributed by atoms with Gasteiger partial charge in [0.25, 0.3) is 0 Å². The lowest BCUT2D eigenvalue weighted by atomic mass is 9.78. The summed E-state index contributed by atoms with van der Waals surface area (Å²) in [5, 5.41) is 15.6. The van der Waals surface area contributed by atoms with E-state index in [-0.39, 0.29) is 5.91 Å². The summed E-state index contributed by atoms with van der Waals surface area (Å²) in [6.07, 6.45) is 3.50. The molecule has 3 aromatic rings. The van der Waals surface area contributed by atoms with E-state index in [1.807, 2.05) is 80.2 Å². The van der Waals surface area contributed by atoms with Crippen molar-refractivity contribution >= 4 is 29.0 Å². The first-order chi connectivity index (χ1) is 18.7. The largest absolute Gasteiger partial charge is 0.378 e. The van der Waals surface area contributed by atoms with Gasteiger partial charge in [0.2, 0.25) is 5.91 Å². The summed E-state index contributed by atoms with van der Waals surface area (Å²) in [5.74, 6) is 0.307. The Labute approximate surface area is 237 Å². The van der Waals surface area contributed by atoms with Crippen molar-refractivity contribution in [3.8, 4) is 0 Å². The van der Waals surface area contributed by atoms with E-state index in [1.165, 1.54) is 11.8 Å². The highest BCUT2D eigenvalue weighted by molar-refractivity contribution is 7.99. The van der Waals surface area contributed by atoms with Crippen molar-refractivity contribution in [1.29, 1.82) is 0 Å². The molecule has 208 valence electrons. The average molecular weight is 548 g/mol. The van der Waals surface area contributed by atoms with Crippen molar-refractivity contribution < 1.29 is 9.90 Å². The fraction of sp³-hybridized carbons (Fsp3) is 0.452. The highest BCUT2D eigenvalue weighted by atomic mass is 32.2. The number of aryl methyl sites for hydroxylation is 3. The van der Waals surface area contributed by atoms with Crippen molar-refractivity contribution in [2.45, 2.75) is 76.3 Å². The molecule has 0 radical (unpaired) electrons. The third-order valence-corrected chi connectivity index (χ3v) is 8.49. The normalized spacial score (nSPS) is 15.7. The van der Waals surface area contributed by atoms with Crippen LogP contribution in [0.25, 0.3) is 0 Å². The number of thioether (sulfide) groups is 1. The molecular weight excluding hydrogens is 506 g/mol. The molecule has 0 unspecified atom stereocenters. The van der Waals surface area contributed by atoms with Crippen molar-refractivity contribution in [3.63, 3.8) is 0 Å². The first-order valence-electron chi connectivity index (χ1n) is 13.7. The molecule has 4 rings (SSSR count). The molecule has 0 spiro atoms. The van der Waals surface area contributed by atoms with Gasteiger partial charge >= 0.3 is 0 Å². The highest BCUT2D eigenvalue weighted by Crippen LogP contribution is 2.38. The number of aliphatic hydroxyl groups excluding tert-OH is 1. The summed E-state index contributed by atoms with van der Waals surface area (Å²) < 4.78 is 0. The fourth-order valence-electron chi connectivity index (χ4n) is 5.38. The van der Waals surface area contributed by atoms with Gasteiger partial charge in [-0.3, -0.25) is 9.69 Å². The van der Waals surface area contributed by atoms with E-state index in [0.29, 0.717) is 30.3 Å². The van der Waals surface area contributed by atoms with Crippen LogP contribution in [0.4, 0.5) is 11.4 Å². The van der Waals surface area contributed by atoms with Gasteiger partial charge in [0.05, 0.1) is 0 Å². The second kappa shape index (κ2) is 12.9. The molecule has 1 amide bonds. The summed E-state index contributed by atoms with van der Waals surface area (Å²) >= 11 is 1.43. The van der Waals surface area contributed by atoms with Gasteiger partial charge < -0.3 is 15.3 Å². The first kappa shape index (κ1) is 29.1. The molecule has 1 saturated carbocycles. The van der Waals surface area contributed by atoms with Gasteiger partial charge in [-0.15, -0.1) is 0 Å². The van der Waals surface area contributed by atoms with Crippen LogP contribution in [0.2, 0.25) is 0 Å². The van der Waals surface area contributed by atoms with E-state index >= 15 is 0 Å². The quantitative estimate of drug-likeness (QED) is 0.191. The Hall–Kier alpha value is -2.94. The second-order valence-corrected chi connectivity index (χ2v) is 11.8. The number of aromatic nitrogens is 2. The Kier molecular flexibility index (Phi) is 9.64. The van der Waals surface area contributed by atoms with Gasteiger partial charge in [0, 0.05) is 49.2 Å². The number of nitrogens with zero attached hydrogens (tertiary/aromatic N) is 4. The van der Waals surface area contributed by atoms with E-state index in [1.54, 1.807) is 0 Å². The average Bonchev–Trinajstić information content (AvgIpc) is 2.91. The van der Waals surface area contributed by atoms with Gasteiger partial charge in [0.15, 0.2) is 5.16 Å². The van der Waals surface area contributed by atoms with Crippen LogP contribution in [0.3, 0.4) is 0 Å². The number of anilines is 2. The SMILES string of the molecule is Cc1cc(C)nc(SC[C@@H](O)N(Cc2ccccc2C)C2(C(=O)Nc3ccc(N(C)C)cc3)CCCCC2)n1. The number of nitrogens with one attached hydrogen (secondary N) is 1. The van der Waals surface area contributed by atoms with Crippen LogP contribution in [-0.4, -0.2) is 57.5 Å². The third-order valence-electron chi connectivity index (χ3n) is 7.58. The van der Waals surface area contributed by atoms with Gasteiger partial charge in [-0.05, 0) is 75.1 Å². The molecular formula is C31H41N5O2S. The first-order valence-corrected chi connectivity index (χ1v) is 14.7. The van der Waals surface area contributed by atoms with E-state index < -0.39 is 11.8 Å². The van der Waals surface area contributed by atoms with Crippen LogP contribution in [-0.2, 0) is 11.3 Å². The number of hydrogen-bond acceptors (Lipinski definition) is 7. The van der Waals surface area contributed by atoms with E-state index in [4.69, 9.17) is 0 Å². The Morgan fingerprint density at radius 2 is 1.64 bits per heavy atom. The van der Waals surface area contributed by atoms with Crippen LogP contribution >= 0.6 is 11.8 Å². The summed E-state index contributed by atoms with van der Waals surface area (Å²) in [5.41, 5.74) is 5.06. The van der Waals surface area contributed by atoms with Crippen molar-refractivity contribution in [2.75, 3.05) is 30.1 Å². The Morgan fingerprint density at radius 3 is 2.26 bits per heavy atom. The second-order valence-electron chi connectivity index (χ2n) is 10.8. The molecule has 1 heterocycles. The molecule has 1 fully saturated rings. The maximum absolute atomic E-state index is 14.2. The molecule has 7 nitrogen and oxygen atoms in total. The number of carbonyl (C=O) groups excluding carboxylic acids is 1. The van der Waals surface area contributed by atoms with E-state index in [0.717, 1.165) is 53.2 Å². The number of hydrogen-bond donors (Lipinski definition) is 2. The highest BCUT2D eigenvalue weighted by Gasteiger charge is 2.47. The number of amides is 1. The summed E-state index contributed by atoms with van der Waals surface area (Å²) in [4.78, 5) is 27.3. The van der Waals surface area contributed by atoms with Crippen LogP contribution in [0.15, 0.2) is 59.8 Å². The molecule has 39 heavy (non-hydrogen) atoms.